The number of rotatable bonds is 7. The fourth-order valence-corrected chi connectivity index (χ4v) is 3.04. The lowest BCUT2D eigenvalue weighted by molar-refractivity contribution is 0.0923. The molecular formula is C23H20N4O. The summed E-state index contributed by atoms with van der Waals surface area (Å²) in [5, 5.41) is 11.9. The highest BCUT2D eigenvalue weighted by Crippen LogP contribution is 2.20. The number of benzene rings is 3. The quantitative estimate of drug-likeness (QED) is 0.489. The number of hydrogen-bond acceptors (Lipinski definition) is 4. The zero-order valence-corrected chi connectivity index (χ0v) is 15.3. The van der Waals surface area contributed by atoms with Crippen molar-refractivity contribution in [2.24, 2.45) is 0 Å². The van der Waals surface area contributed by atoms with Crippen molar-refractivity contribution in [3.8, 4) is 11.3 Å². The van der Waals surface area contributed by atoms with E-state index in [4.69, 9.17) is 0 Å². The van der Waals surface area contributed by atoms with Crippen molar-refractivity contribution in [1.82, 2.24) is 15.0 Å². The summed E-state index contributed by atoms with van der Waals surface area (Å²) in [4.78, 5) is 13.2. The van der Waals surface area contributed by atoms with Crippen molar-refractivity contribution in [1.29, 1.82) is 0 Å². The lowest BCUT2D eigenvalue weighted by Gasteiger charge is -2.17. The minimum absolute atomic E-state index is 0.00598. The zero-order chi connectivity index (χ0) is 19.2. The Kier molecular flexibility index (Phi) is 5.24. The first kappa shape index (κ1) is 17.7. The third-order valence-corrected chi connectivity index (χ3v) is 4.53. The number of nitrogens with one attached hydrogen (secondary N) is 1. The number of ketones is 1. The first-order chi connectivity index (χ1) is 13.8. The van der Waals surface area contributed by atoms with Crippen LogP contribution in [-0.2, 0) is 0 Å². The number of anilines is 1. The molecule has 28 heavy (non-hydrogen) atoms. The highest BCUT2D eigenvalue weighted by molar-refractivity contribution is 5.99. The van der Waals surface area contributed by atoms with E-state index in [1.165, 1.54) is 0 Å². The van der Waals surface area contributed by atoms with Gasteiger partial charge in [-0.3, -0.25) is 4.79 Å². The van der Waals surface area contributed by atoms with E-state index in [1.54, 1.807) is 4.68 Å². The molecule has 0 amide bonds. The van der Waals surface area contributed by atoms with Crippen molar-refractivity contribution in [3.05, 3.63) is 103 Å². The third-order valence-electron chi connectivity index (χ3n) is 4.53. The molecule has 0 radical (unpaired) electrons. The van der Waals surface area contributed by atoms with Gasteiger partial charge in [-0.2, -0.15) is 0 Å². The maximum absolute atomic E-state index is 13.2. The van der Waals surface area contributed by atoms with Crippen LogP contribution in [0.5, 0.6) is 0 Å². The molecule has 4 rings (SSSR count). The Balaban J connectivity index is 1.63. The van der Waals surface area contributed by atoms with Gasteiger partial charge >= 0.3 is 0 Å². The van der Waals surface area contributed by atoms with Crippen LogP contribution >= 0.6 is 0 Å². The highest BCUT2D eigenvalue weighted by atomic mass is 16.1. The molecule has 0 aliphatic carbocycles. The number of aromatic nitrogens is 3. The van der Waals surface area contributed by atoms with E-state index in [1.807, 2.05) is 97.2 Å². The number of carbonyl (C=O) groups excluding carboxylic acids is 1. The molecule has 0 saturated carbocycles. The van der Waals surface area contributed by atoms with E-state index >= 15 is 0 Å². The van der Waals surface area contributed by atoms with Gasteiger partial charge in [0.05, 0.1) is 6.20 Å². The molecule has 3 aromatic carbocycles. The van der Waals surface area contributed by atoms with Crippen LogP contribution in [0.15, 0.2) is 97.2 Å². The first-order valence-corrected chi connectivity index (χ1v) is 9.17. The number of Topliss-reactive ketones (excluding diaryl/α,β-unsaturated/α-hetero) is 1. The summed E-state index contributed by atoms with van der Waals surface area (Å²) < 4.78 is 1.65. The summed E-state index contributed by atoms with van der Waals surface area (Å²) in [6.45, 7) is 0.412. The lowest BCUT2D eigenvalue weighted by Crippen LogP contribution is -2.27. The first-order valence-electron chi connectivity index (χ1n) is 9.17. The third kappa shape index (κ3) is 3.99. The molecule has 0 unspecified atom stereocenters. The highest BCUT2D eigenvalue weighted by Gasteiger charge is 2.23. The van der Waals surface area contributed by atoms with Crippen LogP contribution < -0.4 is 5.32 Å². The van der Waals surface area contributed by atoms with Gasteiger partial charge in [0.1, 0.15) is 11.7 Å². The molecule has 0 fully saturated rings. The van der Waals surface area contributed by atoms with Gasteiger partial charge in [0.15, 0.2) is 5.78 Å². The number of carbonyl (C=O) groups is 1. The molecule has 1 heterocycles. The second-order valence-corrected chi connectivity index (χ2v) is 6.44. The van der Waals surface area contributed by atoms with Gasteiger partial charge in [-0.1, -0.05) is 84.1 Å². The van der Waals surface area contributed by atoms with Crippen LogP contribution in [0.4, 0.5) is 5.69 Å². The molecular weight excluding hydrogens is 348 g/mol. The summed E-state index contributed by atoms with van der Waals surface area (Å²) in [7, 11) is 0. The topological polar surface area (TPSA) is 59.8 Å². The predicted molar refractivity (Wildman–Crippen MR) is 110 cm³/mol. The fourth-order valence-electron chi connectivity index (χ4n) is 3.04. The van der Waals surface area contributed by atoms with E-state index < -0.39 is 6.04 Å². The second kappa shape index (κ2) is 8.31. The van der Waals surface area contributed by atoms with Crippen LogP contribution in [0.1, 0.15) is 16.4 Å². The molecule has 138 valence electrons. The van der Waals surface area contributed by atoms with Gasteiger partial charge < -0.3 is 5.32 Å². The molecule has 0 spiro atoms. The van der Waals surface area contributed by atoms with Crippen molar-refractivity contribution in [3.63, 3.8) is 0 Å². The Bertz CT molecular complexity index is 1030. The van der Waals surface area contributed by atoms with E-state index in [0.717, 1.165) is 16.9 Å². The van der Waals surface area contributed by atoms with Crippen LogP contribution in [0.3, 0.4) is 0 Å². The van der Waals surface area contributed by atoms with E-state index in [-0.39, 0.29) is 5.78 Å². The van der Waals surface area contributed by atoms with Crippen LogP contribution in [-0.4, -0.2) is 27.3 Å². The Morgan fingerprint density at radius 1 is 0.857 bits per heavy atom. The monoisotopic (exact) mass is 368 g/mol. The van der Waals surface area contributed by atoms with E-state index in [0.29, 0.717) is 12.1 Å². The standard InChI is InChI=1S/C23H20N4O/c28-23(19-12-6-2-7-13-19)22(16-24-20-14-8-3-9-15-20)27-17-21(25-26-27)18-10-4-1-5-11-18/h1-15,17,22,24H,16H2/t22-/m1/s1. The van der Waals surface area contributed by atoms with E-state index in [9.17, 15) is 4.79 Å². The molecule has 1 N–H and O–H groups in total. The summed E-state index contributed by atoms with van der Waals surface area (Å²) in [5.41, 5.74) is 3.32. The van der Waals surface area contributed by atoms with Crippen molar-refractivity contribution in [2.45, 2.75) is 6.04 Å². The van der Waals surface area contributed by atoms with Crippen molar-refractivity contribution >= 4 is 11.5 Å². The predicted octanol–water partition coefficient (Wildman–Crippen LogP) is 4.48. The second-order valence-electron chi connectivity index (χ2n) is 6.44. The van der Waals surface area contributed by atoms with Gasteiger partial charge in [0, 0.05) is 23.4 Å². The molecule has 1 atom stereocenters. The number of nitrogens with zero attached hydrogens (tertiary/aromatic N) is 3. The molecule has 0 bridgehead atoms. The summed E-state index contributed by atoms with van der Waals surface area (Å²) in [5.74, 6) is -0.00598. The largest absolute Gasteiger partial charge is 0.382 e. The minimum atomic E-state index is -0.507. The van der Waals surface area contributed by atoms with E-state index in [2.05, 4.69) is 15.6 Å². The van der Waals surface area contributed by atoms with Crippen LogP contribution in [0.25, 0.3) is 11.3 Å². The molecule has 0 aliphatic heterocycles. The fraction of sp³-hybridized carbons (Fsp3) is 0.0870. The maximum atomic E-state index is 13.2. The molecule has 4 aromatic rings. The molecule has 5 nitrogen and oxygen atoms in total. The summed E-state index contributed by atoms with van der Waals surface area (Å²) in [6.07, 6.45) is 1.83. The number of hydrogen-bond donors (Lipinski definition) is 1. The van der Waals surface area contributed by atoms with Gasteiger partial charge in [-0.05, 0) is 12.1 Å². The Morgan fingerprint density at radius 3 is 2.14 bits per heavy atom. The van der Waals surface area contributed by atoms with Crippen LogP contribution in [0.2, 0.25) is 0 Å². The summed E-state index contributed by atoms with van der Waals surface area (Å²) in [6, 6.07) is 28.4. The van der Waals surface area contributed by atoms with Crippen molar-refractivity contribution in [2.75, 3.05) is 11.9 Å². The van der Waals surface area contributed by atoms with Crippen LogP contribution in [0, 0.1) is 0 Å². The Labute approximate surface area is 163 Å². The molecule has 0 aliphatic rings. The smallest absolute Gasteiger partial charge is 0.189 e. The SMILES string of the molecule is O=C(c1ccccc1)[C@@H](CNc1ccccc1)n1cc(-c2ccccc2)nn1. The zero-order valence-electron chi connectivity index (χ0n) is 15.3. The van der Waals surface area contributed by atoms with Gasteiger partial charge in [0.2, 0.25) is 0 Å². The Morgan fingerprint density at radius 2 is 1.46 bits per heavy atom. The number of para-hydroxylation sites is 1. The molecule has 1 aromatic heterocycles. The van der Waals surface area contributed by atoms with Gasteiger partial charge in [0.25, 0.3) is 0 Å². The average molecular weight is 368 g/mol. The summed E-state index contributed by atoms with van der Waals surface area (Å²) >= 11 is 0. The van der Waals surface area contributed by atoms with Gasteiger partial charge in [-0.15, -0.1) is 5.10 Å². The maximum Gasteiger partial charge on any atom is 0.189 e. The molecule has 5 heteroatoms. The Hall–Kier alpha value is -3.73. The minimum Gasteiger partial charge on any atom is -0.382 e. The average Bonchev–Trinajstić information content (AvgIpc) is 3.26. The van der Waals surface area contributed by atoms with Crippen molar-refractivity contribution < 1.29 is 4.79 Å². The lowest BCUT2D eigenvalue weighted by atomic mass is 10.0. The molecule has 0 saturated heterocycles. The normalized spacial score (nSPS) is 11.7. The van der Waals surface area contributed by atoms with Gasteiger partial charge in [-0.25, -0.2) is 4.68 Å².